The van der Waals surface area contributed by atoms with E-state index in [9.17, 15) is 10.1 Å². The highest BCUT2D eigenvalue weighted by molar-refractivity contribution is 5.34. The Morgan fingerprint density at radius 3 is 2.63 bits per heavy atom. The highest BCUT2D eigenvalue weighted by atomic mass is 16.6. The van der Waals surface area contributed by atoms with E-state index in [4.69, 9.17) is 4.52 Å². The summed E-state index contributed by atoms with van der Waals surface area (Å²) >= 11 is 0. The molecule has 6 nitrogen and oxygen atoms in total. The van der Waals surface area contributed by atoms with Gasteiger partial charge in [-0.3, -0.25) is 10.1 Å². The van der Waals surface area contributed by atoms with Crippen molar-refractivity contribution in [2.45, 2.75) is 26.4 Å². The van der Waals surface area contributed by atoms with Crippen LogP contribution in [0.2, 0.25) is 0 Å². The van der Waals surface area contributed by atoms with Gasteiger partial charge >= 0.3 is 0 Å². The Morgan fingerprint density at radius 2 is 2.11 bits per heavy atom. The molecule has 0 saturated carbocycles. The van der Waals surface area contributed by atoms with Crippen LogP contribution in [0.15, 0.2) is 34.9 Å². The number of nitrogens with zero attached hydrogens (tertiary/aromatic N) is 2. The van der Waals surface area contributed by atoms with Crippen LogP contribution in [-0.4, -0.2) is 10.1 Å². The second-order valence-corrected chi connectivity index (χ2v) is 4.38. The Hall–Kier alpha value is -2.21. The maximum absolute atomic E-state index is 10.6. The molecule has 19 heavy (non-hydrogen) atoms. The molecule has 1 atom stereocenters. The number of nitro benzene ring substituents is 1. The van der Waals surface area contributed by atoms with E-state index >= 15 is 0 Å². The van der Waals surface area contributed by atoms with Crippen molar-refractivity contribution in [1.29, 1.82) is 0 Å². The van der Waals surface area contributed by atoms with E-state index in [0.29, 0.717) is 6.54 Å². The molecule has 0 saturated heterocycles. The molecule has 1 aromatic heterocycles. The topological polar surface area (TPSA) is 81.2 Å². The standard InChI is InChI=1S/C13H15N3O3/c1-9-7-12(15-19-9)8-14-10(2)11-3-5-13(6-4-11)16(17)18/h3-7,10,14H,8H2,1-2H3. The van der Waals surface area contributed by atoms with Crippen LogP contribution in [0, 0.1) is 17.0 Å². The second-order valence-electron chi connectivity index (χ2n) is 4.38. The van der Waals surface area contributed by atoms with Gasteiger partial charge in [0.15, 0.2) is 0 Å². The molecule has 0 aliphatic carbocycles. The SMILES string of the molecule is Cc1cc(CNC(C)c2ccc([N+](=O)[O-])cc2)no1. The summed E-state index contributed by atoms with van der Waals surface area (Å²) in [5, 5.41) is 17.7. The van der Waals surface area contributed by atoms with Gasteiger partial charge in [0, 0.05) is 30.8 Å². The van der Waals surface area contributed by atoms with E-state index in [0.717, 1.165) is 17.0 Å². The molecular weight excluding hydrogens is 246 g/mol. The first kappa shape index (κ1) is 13.2. The molecule has 100 valence electrons. The molecule has 0 radical (unpaired) electrons. The average molecular weight is 261 g/mol. The third-order valence-corrected chi connectivity index (χ3v) is 2.87. The van der Waals surface area contributed by atoms with Gasteiger partial charge in [0.1, 0.15) is 5.76 Å². The first-order valence-electron chi connectivity index (χ1n) is 5.96. The molecular formula is C13H15N3O3. The third-order valence-electron chi connectivity index (χ3n) is 2.87. The van der Waals surface area contributed by atoms with Crippen LogP contribution in [0.1, 0.15) is 30.0 Å². The molecule has 0 fully saturated rings. The highest BCUT2D eigenvalue weighted by Crippen LogP contribution is 2.17. The fraction of sp³-hybridized carbons (Fsp3) is 0.308. The maximum atomic E-state index is 10.6. The van der Waals surface area contributed by atoms with Crippen molar-refractivity contribution in [1.82, 2.24) is 10.5 Å². The fourth-order valence-corrected chi connectivity index (χ4v) is 1.76. The van der Waals surface area contributed by atoms with Gasteiger partial charge in [0.2, 0.25) is 0 Å². The first-order chi connectivity index (χ1) is 9.06. The van der Waals surface area contributed by atoms with Gasteiger partial charge in [-0.25, -0.2) is 0 Å². The number of benzene rings is 1. The Morgan fingerprint density at radius 1 is 1.42 bits per heavy atom. The maximum Gasteiger partial charge on any atom is 0.269 e. The van der Waals surface area contributed by atoms with E-state index in [1.54, 1.807) is 12.1 Å². The molecule has 0 amide bonds. The lowest BCUT2D eigenvalue weighted by molar-refractivity contribution is -0.384. The summed E-state index contributed by atoms with van der Waals surface area (Å²) in [6.07, 6.45) is 0. The van der Waals surface area contributed by atoms with Crippen LogP contribution in [0.3, 0.4) is 0 Å². The van der Waals surface area contributed by atoms with E-state index in [-0.39, 0.29) is 11.7 Å². The van der Waals surface area contributed by atoms with Crippen LogP contribution < -0.4 is 5.32 Å². The minimum absolute atomic E-state index is 0.0813. The van der Waals surface area contributed by atoms with Crippen molar-refractivity contribution in [2.75, 3.05) is 0 Å². The summed E-state index contributed by atoms with van der Waals surface area (Å²) in [6, 6.07) is 8.47. The van der Waals surface area contributed by atoms with Gasteiger partial charge in [-0.15, -0.1) is 0 Å². The third kappa shape index (κ3) is 3.38. The van der Waals surface area contributed by atoms with E-state index < -0.39 is 4.92 Å². The Bertz CT molecular complexity index is 563. The molecule has 0 aliphatic heterocycles. The first-order valence-corrected chi connectivity index (χ1v) is 5.96. The molecule has 0 spiro atoms. The number of aromatic nitrogens is 1. The van der Waals surface area contributed by atoms with Crippen molar-refractivity contribution in [3.05, 3.63) is 57.5 Å². The largest absolute Gasteiger partial charge is 0.361 e. The summed E-state index contributed by atoms with van der Waals surface area (Å²) in [7, 11) is 0. The Balaban J connectivity index is 1.95. The van der Waals surface area contributed by atoms with Gasteiger partial charge in [-0.1, -0.05) is 17.3 Å². The normalized spacial score (nSPS) is 12.3. The summed E-state index contributed by atoms with van der Waals surface area (Å²) in [4.78, 5) is 10.2. The Labute approximate surface area is 110 Å². The van der Waals surface area contributed by atoms with Crippen LogP contribution in [0.4, 0.5) is 5.69 Å². The zero-order chi connectivity index (χ0) is 13.8. The van der Waals surface area contributed by atoms with E-state index in [1.165, 1.54) is 12.1 Å². The molecule has 1 aromatic carbocycles. The zero-order valence-electron chi connectivity index (χ0n) is 10.8. The van der Waals surface area contributed by atoms with Crippen molar-refractivity contribution in [3.8, 4) is 0 Å². The quantitative estimate of drug-likeness (QED) is 0.661. The van der Waals surface area contributed by atoms with Gasteiger partial charge in [-0.2, -0.15) is 0 Å². The summed E-state index contributed by atoms with van der Waals surface area (Å²) < 4.78 is 4.98. The highest BCUT2D eigenvalue weighted by Gasteiger charge is 2.09. The van der Waals surface area contributed by atoms with Crippen LogP contribution in [0.25, 0.3) is 0 Å². The minimum Gasteiger partial charge on any atom is -0.361 e. The minimum atomic E-state index is -0.403. The molecule has 1 unspecified atom stereocenters. The van der Waals surface area contributed by atoms with Crippen LogP contribution in [-0.2, 0) is 6.54 Å². The van der Waals surface area contributed by atoms with Gasteiger partial charge in [-0.05, 0) is 19.4 Å². The van der Waals surface area contributed by atoms with Gasteiger partial charge in [0.05, 0.1) is 10.6 Å². The molecule has 2 rings (SSSR count). The number of non-ortho nitro benzene ring substituents is 1. The molecule has 1 heterocycles. The fourth-order valence-electron chi connectivity index (χ4n) is 1.76. The molecule has 0 bridgehead atoms. The number of hydrogen-bond donors (Lipinski definition) is 1. The van der Waals surface area contributed by atoms with Gasteiger partial charge in [0.25, 0.3) is 5.69 Å². The van der Waals surface area contributed by atoms with E-state index in [1.807, 2.05) is 19.9 Å². The number of nitro groups is 1. The van der Waals surface area contributed by atoms with Crippen LogP contribution >= 0.6 is 0 Å². The summed E-state index contributed by atoms with van der Waals surface area (Å²) in [5.41, 5.74) is 1.93. The van der Waals surface area contributed by atoms with Crippen molar-refractivity contribution in [3.63, 3.8) is 0 Å². The number of nitrogens with one attached hydrogen (secondary N) is 1. The van der Waals surface area contributed by atoms with Crippen LogP contribution in [0.5, 0.6) is 0 Å². The van der Waals surface area contributed by atoms with Crippen molar-refractivity contribution >= 4 is 5.69 Å². The average Bonchev–Trinajstić information content (AvgIpc) is 2.82. The van der Waals surface area contributed by atoms with E-state index in [2.05, 4.69) is 10.5 Å². The second kappa shape index (κ2) is 5.62. The summed E-state index contributed by atoms with van der Waals surface area (Å²) in [6.45, 7) is 4.43. The lowest BCUT2D eigenvalue weighted by atomic mass is 10.1. The molecule has 2 aromatic rings. The number of hydrogen-bond acceptors (Lipinski definition) is 5. The monoisotopic (exact) mass is 261 g/mol. The number of rotatable bonds is 5. The number of aryl methyl sites for hydroxylation is 1. The lowest BCUT2D eigenvalue weighted by Crippen LogP contribution is -2.18. The Kier molecular flexibility index (Phi) is 3.91. The molecule has 1 N–H and O–H groups in total. The predicted molar refractivity (Wildman–Crippen MR) is 69.6 cm³/mol. The molecule has 6 heteroatoms. The molecule has 0 aliphatic rings. The zero-order valence-corrected chi connectivity index (χ0v) is 10.8. The summed E-state index contributed by atoms with van der Waals surface area (Å²) in [5.74, 6) is 0.778. The smallest absolute Gasteiger partial charge is 0.269 e. The predicted octanol–water partition coefficient (Wildman–Crippen LogP) is 2.74. The lowest BCUT2D eigenvalue weighted by Gasteiger charge is -2.12. The van der Waals surface area contributed by atoms with Crippen molar-refractivity contribution in [2.24, 2.45) is 0 Å². The van der Waals surface area contributed by atoms with Crippen molar-refractivity contribution < 1.29 is 9.45 Å². The van der Waals surface area contributed by atoms with Gasteiger partial charge < -0.3 is 9.84 Å².